The first-order valence-corrected chi connectivity index (χ1v) is 3.25. The third kappa shape index (κ3) is 2.79. The molecule has 0 fully saturated rings. The molecule has 0 aromatic carbocycles. The zero-order chi connectivity index (χ0) is 7.44. The second-order valence-corrected chi connectivity index (χ2v) is 2.27. The molecule has 0 aliphatic rings. The maximum Gasteiger partial charge on any atom is 0.105 e. The zero-order valence-electron chi connectivity index (χ0n) is 6.33. The van der Waals surface area contributed by atoms with E-state index in [4.69, 9.17) is 10.8 Å². The van der Waals surface area contributed by atoms with E-state index in [9.17, 15) is 0 Å². The van der Waals surface area contributed by atoms with Gasteiger partial charge in [-0.3, -0.25) is 4.90 Å². The van der Waals surface area contributed by atoms with Gasteiger partial charge in [0.05, 0.1) is 6.17 Å². The van der Waals surface area contributed by atoms with Gasteiger partial charge in [-0.15, -0.1) is 0 Å². The molecule has 0 heterocycles. The standard InChI is InChI=1S/C6H16N2O/c1-4-6(7)8(3)5(2)9/h5-6,9H,4,7H2,1-3H3. The van der Waals surface area contributed by atoms with E-state index in [1.807, 2.05) is 6.92 Å². The molecule has 0 amide bonds. The van der Waals surface area contributed by atoms with Gasteiger partial charge in [-0.05, 0) is 20.4 Å². The van der Waals surface area contributed by atoms with Gasteiger partial charge in [0.1, 0.15) is 6.23 Å². The van der Waals surface area contributed by atoms with Crippen molar-refractivity contribution < 1.29 is 5.11 Å². The molecule has 2 atom stereocenters. The summed E-state index contributed by atoms with van der Waals surface area (Å²) in [6.07, 6.45) is 0.395. The molecule has 0 bridgehead atoms. The van der Waals surface area contributed by atoms with E-state index >= 15 is 0 Å². The van der Waals surface area contributed by atoms with Gasteiger partial charge in [0.15, 0.2) is 0 Å². The van der Waals surface area contributed by atoms with E-state index in [0.717, 1.165) is 6.42 Å². The van der Waals surface area contributed by atoms with E-state index in [0.29, 0.717) is 0 Å². The van der Waals surface area contributed by atoms with Crippen molar-refractivity contribution in [2.24, 2.45) is 5.73 Å². The van der Waals surface area contributed by atoms with Crippen LogP contribution in [0.25, 0.3) is 0 Å². The first-order valence-electron chi connectivity index (χ1n) is 3.25. The fraction of sp³-hybridized carbons (Fsp3) is 1.00. The summed E-state index contributed by atoms with van der Waals surface area (Å²) in [4.78, 5) is 1.72. The van der Waals surface area contributed by atoms with Crippen LogP contribution in [0.4, 0.5) is 0 Å². The highest BCUT2D eigenvalue weighted by Crippen LogP contribution is 1.96. The van der Waals surface area contributed by atoms with E-state index in [2.05, 4.69) is 0 Å². The van der Waals surface area contributed by atoms with E-state index in [-0.39, 0.29) is 6.17 Å². The Kier molecular flexibility index (Phi) is 3.77. The summed E-state index contributed by atoms with van der Waals surface area (Å²) in [5.41, 5.74) is 5.58. The highest BCUT2D eigenvalue weighted by atomic mass is 16.3. The van der Waals surface area contributed by atoms with E-state index in [1.165, 1.54) is 0 Å². The van der Waals surface area contributed by atoms with Crippen molar-refractivity contribution >= 4 is 0 Å². The number of hydrogen-bond acceptors (Lipinski definition) is 3. The lowest BCUT2D eigenvalue weighted by molar-refractivity contribution is 0.00904. The van der Waals surface area contributed by atoms with Crippen LogP contribution in [-0.2, 0) is 0 Å². The molecule has 0 radical (unpaired) electrons. The molecule has 0 saturated carbocycles. The van der Waals surface area contributed by atoms with Gasteiger partial charge in [0.2, 0.25) is 0 Å². The van der Waals surface area contributed by atoms with E-state index < -0.39 is 6.23 Å². The van der Waals surface area contributed by atoms with Crippen molar-refractivity contribution in [1.29, 1.82) is 0 Å². The molecule has 0 spiro atoms. The minimum Gasteiger partial charge on any atom is -0.379 e. The van der Waals surface area contributed by atoms with Crippen LogP contribution < -0.4 is 5.73 Å². The van der Waals surface area contributed by atoms with Gasteiger partial charge in [0.25, 0.3) is 0 Å². The molecule has 9 heavy (non-hydrogen) atoms. The van der Waals surface area contributed by atoms with Crippen molar-refractivity contribution in [2.75, 3.05) is 7.05 Å². The van der Waals surface area contributed by atoms with Crippen molar-refractivity contribution in [2.45, 2.75) is 32.7 Å². The van der Waals surface area contributed by atoms with Crippen LogP contribution in [-0.4, -0.2) is 29.4 Å². The van der Waals surface area contributed by atoms with Crippen LogP contribution >= 0.6 is 0 Å². The first kappa shape index (κ1) is 8.88. The fourth-order valence-corrected chi connectivity index (χ4v) is 0.565. The molecule has 56 valence electrons. The molecule has 0 rings (SSSR count). The predicted molar refractivity (Wildman–Crippen MR) is 37.7 cm³/mol. The summed E-state index contributed by atoms with van der Waals surface area (Å²) in [5, 5.41) is 8.97. The van der Waals surface area contributed by atoms with Crippen LogP contribution in [0.1, 0.15) is 20.3 Å². The van der Waals surface area contributed by atoms with Crippen molar-refractivity contribution in [1.82, 2.24) is 4.90 Å². The minimum absolute atomic E-state index is 0.0231. The molecular formula is C6H16N2O. The molecule has 3 N–H and O–H groups in total. The molecule has 0 aromatic heterocycles. The zero-order valence-corrected chi connectivity index (χ0v) is 6.33. The topological polar surface area (TPSA) is 49.5 Å². The molecule has 3 heteroatoms. The maximum atomic E-state index is 8.97. The Morgan fingerprint density at radius 3 is 2.22 bits per heavy atom. The third-order valence-corrected chi connectivity index (χ3v) is 1.53. The third-order valence-electron chi connectivity index (χ3n) is 1.53. The Hall–Kier alpha value is -0.120. The maximum absolute atomic E-state index is 8.97. The highest BCUT2D eigenvalue weighted by molar-refractivity contribution is 4.58. The number of nitrogens with zero attached hydrogens (tertiary/aromatic N) is 1. The summed E-state index contributed by atoms with van der Waals surface area (Å²) in [5.74, 6) is 0. The molecule has 0 aliphatic heterocycles. The lowest BCUT2D eigenvalue weighted by atomic mass is 10.3. The average molecular weight is 132 g/mol. The Bertz CT molecular complexity index is 75.5. The normalized spacial score (nSPS) is 18.0. The first-order chi connectivity index (χ1) is 4.09. The molecule has 0 saturated heterocycles. The van der Waals surface area contributed by atoms with Crippen molar-refractivity contribution in [3.63, 3.8) is 0 Å². The summed E-state index contributed by atoms with van der Waals surface area (Å²) in [7, 11) is 1.80. The number of aliphatic hydroxyl groups excluding tert-OH is 1. The van der Waals surface area contributed by atoms with Crippen LogP contribution in [0.3, 0.4) is 0 Å². The number of nitrogens with two attached hydrogens (primary N) is 1. The van der Waals surface area contributed by atoms with Crippen LogP contribution in [0.2, 0.25) is 0 Å². The smallest absolute Gasteiger partial charge is 0.105 e. The molecule has 3 nitrogen and oxygen atoms in total. The van der Waals surface area contributed by atoms with Gasteiger partial charge in [-0.2, -0.15) is 0 Å². The summed E-state index contributed by atoms with van der Waals surface area (Å²) in [6.45, 7) is 3.69. The second kappa shape index (κ2) is 3.82. The monoisotopic (exact) mass is 132 g/mol. The van der Waals surface area contributed by atoms with Crippen LogP contribution in [0, 0.1) is 0 Å². The van der Waals surface area contributed by atoms with Gasteiger partial charge >= 0.3 is 0 Å². The molecule has 2 unspecified atom stereocenters. The van der Waals surface area contributed by atoms with Crippen molar-refractivity contribution in [3.8, 4) is 0 Å². The Balaban J connectivity index is 3.58. The molecule has 0 aromatic rings. The number of aliphatic hydroxyl groups is 1. The lowest BCUT2D eigenvalue weighted by Crippen LogP contribution is -2.43. The quantitative estimate of drug-likeness (QED) is 0.529. The summed E-state index contributed by atoms with van der Waals surface area (Å²) < 4.78 is 0. The Morgan fingerprint density at radius 2 is 2.11 bits per heavy atom. The lowest BCUT2D eigenvalue weighted by Gasteiger charge is -2.25. The Labute approximate surface area is 56.5 Å². The molecule has 0 aliphatic carbocycles. The van der Waals surface area contributed by atoms with Gasteiger partial charge in [-0.25, -0.2) is 0 Å². The number of rotatable bonds is 3. The minimum atomic E-state index is -0.444. The molecular weight excluding hydrogens is 116 g/mol. The van der Waals surface area contributed by atoms with Crippen molar-refractivity contribution in [3.05, 3.63) is 0 Å². The van der Waals surface area contributed by atoms with E-state index in [1.54, 1.807) is 18.9 Å². The fourth-order valence-electron chi connectivity index (χ4n) is 0.565. The summed E-state index contributed by atoms with van der Waals surface area (Å²) in [6, 6.07) is 0. The Morgan fingerprint density at radius 1 is 1.67 bits per heavy atom. The highest BCUT2D eigenvalue weighted by Gasteiger charge is 2.10. The van der Waals surface area contributed by atoms with Gasteiger partial charge in [-0.1, -0.05) is 6.92 Å². The largest absolute Gasteiger partial charge is 0.379 e. The van der Waals surface area contributed by atoms with Gasteiger partial charge in [0, 0.05) is 0 Å². The number of hydrogen-bond donors (Lipinski definition) is 2. The second-order valence-electron chi connectivity index (χ2n) is 2.27. The van der Waals surface area contributed by atoms with Crippen LogP contribution in [0.15, 0.2) is 0 Å². The van der Waals surface area contributed by atoms with Crippen LogP contribution in [0.5, 0.6) is 0 Å². The van der Waals surface area contributed by atoms with Gasteiger partial charge < -0.3 is 10.8 Å². The predicted octanol–water partition coefficient (Wildman–Crippen LogP) is -0.0487. The average Bonchev–Trinajstić information content (AvgIpc) is 1.84. The SMILES string of the molecule is CCC(N)N(C)C(C)O. The summed E-state index contributed by atoms with van der Waals surface area (Å²) >= 11 is 0.